The molecule has 180 valence electrons. The minimum Gasteiger partial charge on any atom is -0.304 e. The van der Waals surface area contributed by atoms with E-state index < -0.39 is 38.3 Å². The van der Waals surface area contributed by atoms with E-state index in [1.165, 1.54) is 29.2 Å². The average molecular weight is 543 g/mol. The third kappa shape index (κ3) is 5.09. The largest absolute Gasteiger partial charge is 0.417 e. The van der Waals surface area contributed by atoms with Crippen LogP contribution in [-0.2, 0) is 22.7 Å². The molecule has 0 aliphatic carbocycles. The standard InChI is InChI=1S/C20H11Cl2F3N6O3S/c21-14-2-1-11(7-31-8-12(5-26)6-27-31)3-17(14)35(33,34)29-19(32)16-10-30-9-13(20(23,24)25)4-15(22)18(30)28-16/h1-4,6,8-10H,7H2,(H,29,32). The van der Waals surface area contributed by atoms with Gasteiger partial charge in [-0.3, -0.25) is 9.48 Å². The number of sulfonamides is 1. The van der Waals surface area contributed by atoms with E-state index in [4.69, 9.17) is 28.5 Å². The smallest absolute Gasteiger partial charge is 0.304 e. The number of benzene rings is 1. The molecule has 1 aromatic carbocycles. The summed E-state index contributed by atoms with van der Waals surface area (Å²) in [5.74, 6) is -1.20. The van der Waals surface area contributed by atoms with Crippen molar-refractivity contribution in [1.29, 1.82) is 5.26 Å². The zero-order chi connectivity index (χ0) is 25.5. The van der Waals surface area contributed by atoms with E-state index in [0.717, 1.165) is 10.6 Å². The van der Waals surface area contributed by atoms with Crippen LogP contribution >= 0.6 is 23.2 Å². The number of imidazole rings is 1. The molecule has 1 N–H and O–H groups in total. The summed E-state index contributed by atoms with van der Waals surface area (Å²) in [6, 6.07) is 6.64. The first-order chi connectivity index (χ1) is 16.4. The van der Waals surface area contributed by atoms with E-state index in [9.17, 15) is 26.4 Å². The Hall–Kier alpha value is -3.60. The maximum Gasteiger partial charge on any atom is 0.417 e. The third-order valence-electron chi connectivity index (χ3n) is 4.69. The molecule has 0 radical (unpaired) electrons. The van der Waals surface area contributed by atoms with Gasteiger partial charge in [-0.2, -0.15) is 23.5 Å². The van der Waals surface area contributed by atoms with Crippen LogP contribution in [0.1, 0.15) is 27.2 Å². The van der Waals surface area contributed by atoms with Gasteiger partial charge in [0.05, 0.1) is 33.9 Å². The second-order valence-corrected chi connectivity index (χ2v) is 9.63. The van der Waals surface area contributed by atoms with Crippen molar-refractivity contribution in [2.75, 3.05) is 0 Å². The molecule has 0 aliphatic heterocycles. The van der Waals surface area contributed by atoms with E-state index in [1.807, 2.05) is 6.07 Å². The molecule has 0 atom stereocenters. The van der Waals surface area contributed by atoms with Crippen LogP contribution in [0.2, 0.25) is 10.0 Å². The molecule has 0 saturated carbocycles. The molecular weight excluding hydrogens is 532 g/mol. The molecule has 0 unspecified atom stereocenters. The molecule has 0 aliphatic rings. The van der Waals surface area contributed by atoms with Crippen LogP contribution in [0.15, 0.2) is 53.9 Å². The molecule has 3 heterocycles. The van der Waals surface area contributed by atoms with Gasteiger partial charge in [-0.15, -0.1) is 0 Å². The first kappa shape index (κ1) is 24.5. The topological polar surface area (TPSA) is 122 Å². The Labute approximate surface area is 205 Å². The van der Waals surface area contributed by atoms with Gasteiger partial charge in [0, 0.05) is 18.6 Å². The van der Waals surface area contributed by atoms with Crippen LogP contribution in [0.3, 0.4) is 0 Å². The normalized spacial score (nSPS) is 12.0. The number of carbonyl (C=O) groups is 1. The molecule has 0 saturated heterocycles. The number of alkyl halides is 3. The summed E-state index contributed by atoms with van der Waals surface area (Å²) in [5, 5.41) is 12.3. The maximum atomic E-state index is 13.0. The van der Waals surface area contributed by atoms with Crippen molar-refractivity contribution in [2.45, 2.75) is 17.6 Å². The zero-order valence-corrected chi connectivity index (χ0v) is 19.4. The van der Waals surface area contributed by atoms with E-state index in [2.05, 4.69) is 10.1 Å². The van der Waals surface area contributed by atoms with Crippen LogP contribution in [0, 0.1) is 11.3 Å². The van der Waals surface area contributed by atoms with Gasteiger partial charge in [-0.05, 0) is 23.8 Å². The van der Waals surface area contributed by atoms with Crippen molar-refractivity contribution >= 4 is 44.8 Å². The molecule has 0 fully saturated rings. The number of aromatic nitrogens is 4. The molecule has 3 aromatic heterocycles. The van der Waals surface area contributed by atoms with Crippen molar-refractivity contribution in [3.8, 4) is 6.07 Å². The Morgan fingerprint density at radius 1 is 1.14 bits per heavy atom. The number of carbonyl (C=O) groups excluding carboxylic acids is 1. The second kappa shape index (κ2) is 8.88. The number of nitrogens with one attached hydrogen (secondary N) is 1. The number of nitrogens with zero attached hydrogens (tertiary/aromatic N) is 5. The number of nitriles is 1. The summed E-state index contributed by atoms with van der Waals surface area (Å²) in [7, 11) is -4.51. The summed E-state index contributed by atoms with van der Waals surface area (Å²) >= 11 is 11.9. The molecule has 4 rings (SSSR count). The fourth-order valence-electron chi connectivity index (χ4n) is 3.10. The fourth-order valence-corrected chi connectivity index (χ4v) is 4.87. The van der Waals surface area contributed by atoms with Crippen LogP contribution < -0.4 is 4.72 Å². The van der Waals surface area contributed by atoms with Gasteiger partial charge >= 0.3 is 6.18 Å². The summed E-state index contributed by atoms with van der Waals surface area (Å²) in [6.07, 6.45) is -0.297. The van der Waals surface area contributed by atoms with E-state index in [1.54, 1.807) is 10.8 Å². The van der Waals surface area contributed by atoms with Gasteiger partial charge in [0.15, 0.2) is 5.65 Å². The van der Waals surface area contributed by atoms with E-state index >= 15 is 0 Å². The fraction of sp³-hybridized carbons (Fsp3) is 0.100. The van der Waals surface area contributed by atoms with Gasteiger partial charge in [0.25, 0.3) is 15.9 Å². The number of fused-ring (bicyclic) bond motifs is 1. The summed E-state index contributed by atoms with van der Waals surface area (Å²) in [5.41, 5.74) is -0.960. The number of pyridine rings is 1. The maximum absolute atomic E-state index is 13.0. The van der Waals surface area contributed by atoms with Crippen molar-refractivity contribution < 1.29 is 26.4 Å². The first-order valence-corrected chi connectivity index (χ1v) is 11.6. The van der Waals surface area contributed by atoms with E-state index in [-0.39, 0.29) is 22.2 Å². The Kier molecular flexibility index (Phi) is 6.22. The highest BCUT2D eigenvalue weighted by atomic mass is 35.5. The molecule has 15 heteroatoms. The Bertz CT molecular complexity index is 1620. The van der Waals surface area contributed by atoms with Crippen LogP contribution in [0.5, 0.6) is 0 Å². The van der Waals surface area contributed by atoms with Gasteiger partial charge in [0.2, 0.25) is 0 Å². The third-order valence-corrected chi connectivity index (χ3v) is 6.78. The minimum atomic E-state index is -4.69. The van der Waals surface area contributed by atoms with Crippen LogP contribution in [0.4, 0.5) is 13.2 Å². The second-order valence-electron chi connectivity index (χ2n) is 7.17. The molecule has 0 spiro atoms. The lowest BCUT2D eigenvalue weighted by Crippen LogP contribution is -2.31. The lowest BCUT2D eigenvalue weighted by Gasteiger charge is -2.10. The number of rotatable bonds is 5. The van der Waals surface area contributed by atoms with Gasteiger partial charge in [0.1, 0.15) is 16.7 Å². The van der Waals surface area contributed by atoms with Crippen molar-refractivity contribution in [2.24, 2.45) is 0 Å². The highest BCUT2D eigenvalue weighted by Crippen LogP contribution is 2.32. The number of halogens is 5. The van der Waals surface area contributed by atoms with Crippen molar-refractivity contribution in [1.82, 2.24) is 23.9 Å². The van der Waals surface area contributed by atoms with Gasteiger partial charge in [-0.1, -0.05) is 29.3 Å². The Morgan fingerprint density at radius 3 is 2.54 bits per heavy atom. The molecule has 0 bridgehead atoms. The lowest BCUT2D eigenvalue weighted by atomic mass is 10.2. The molecule has 1 amide bonds. The summed E-state index contributed by atoms with van der Waals surface area (Å²) in [6.45, 7) is 0.113. The zero-order valence-electron chi connectivity index (χ0n) is 17.1. The van der Waals surface area contributed by atoms with Crippen LogP contribution in [-0.4, -0.2) is 33.5 Å². The van der Waals surface area contributed by atoms with Crippen molar-refractivity contribution in [3.63, 3.8) is 0 Å². The molecule has 9 nitrogen and oxygen atoms in total. The number of hydrogen-bond donors (Lipinski definition) is 1. The SMILES string of the molecule is N#Cc1cnn(Cc2ccc(Cl)c(S(=O)(=O)NC(=O)c3cn4cc(C(F)(F)F)cc(Cl)c4n3)c2)c1. The summed E-state index contributed by atoms with van der Waals surface area (Å²) in [4.78, 5) is 16.0. The van der Waals surface area contributed by atoms with Crippen molar-refractivity contribution in [3.05, 3.63) is 81.5 Å². The van der Waals surface area contributed by atoms with Gasteiger partial charge in [-0.25, -0.2) is 18.1 Å². The highest BCUT2D eigenvalue weighted by molar-refractivity contribution is 7.90. The Morgan fingerprint density at radius 2 is 1.89 bits per heavy atom. The highest BCUT2D eigenvalue weighted by Gasteiger charge is 2.32. The minimum absolute atomic E-state index is 0.113. The summed E-state index contributed by atoms with van der Waals surface area (Å²) < 4.78 is 68.9. The number of amides is 1. The monoisotopic (exact) mass is 542 g/mol. The molecule has 4 aromatic rings. The predicted molar refractivity (Wildman–Crippen MR) is 117 cm³/mol. The molecule has 35 heavy (non-hydrogen) atoms. The first-order valence-electron chi connectivity index (χ1n) is 9.41. The van der Waals surface area contributed by atoms with E-state index in [0.29, 0.717) is 23.4 Å². The number of hydrogen-bond acceptors (Lipinski definition) is 6. The Balaban J connectivity index is 1.61. The predicted octanol–water partition coefficient (Wildman–Crippen LogP) is 3.90. The quantitative estimate of drug-likeness (QED) is 0.408. The van der Waals surface area contributed by atoms with Gasteiger partial charge < -0.3 is 4.40 Å². The lowest BCUT2D eigenvalue weighted by molar-refractivity contribution is -0.137. The van der Waals surface area contributed by atoms with Crippen LogP contribution in [0.25, 0.3) is 5.65 Å². The molecular formula is C20H11Cl2F3N6O3S. The average Bonchev–Trinajstić information content (AvgIpc) is 3.41.